The minimum Gasteiger partial charge on any atom is -0.317 e. The molecule has 1 saturated heterocycles. The van der Waals surface area contributed by atoms with E-state index in [4.69, 9.17) is 0 Å². The van der Waals surface area contributed by atoms with Crippen molar-refractivity contribution in [3.8, 4) is 0 Å². The molecule has 0 spiro atoms. The maximum absolute atomic E-state index is 11.6. The summed E-state index contributed by atoms with van der Waals surface area (Å²) >= 11 is 0. The number of nitrogens with one attached hydrogen (secondary N) is 2. The van der Waals surface area contributed by atoms with Gasteiger partial charge in [-0.05, 0) is 37.8 Å². The summed E-state index contributed by atoms with van der Waals surface area (Å²) in [6.45, 7) is 4.11. The van der Waals surface area contributed by atoms with E-state index < -0.39 is 24.9 Å². The SMILES string of the molecule is CCC1(CNS(=O)(=O)CS(C)(=O)=O)CCNCC1. The third kappa shape index (κ3) is 5.21. The second kappa shape index (κ2) is 5.85. The number of hydrogen-bond acceptors (Lipinski definition) is 5. The normalized spacial score (nSPS) is 20.8. The van der Waals surface area contributed by atoms with Crippen molar-refractivity contribution in [2.24, 2.45) is 5.41 Å². The van der Waals surface area contributed by atoms with Crippen LogP contribution in [0.25, 0.3) is 0 Å². The Hall–Kier alpha value is -0.180. The molecule has 0 aromatic heterocycles. The molecule has 0 unspecified atom stereocenters. The zero-order valence-corrected chi connectivity index (χ0v) is 12.5. The van der Waals surface area contributed by atoms with Crippen LogP contribution in [-0.4, -0.2) is 47.8 Å². The van der Waals surface area contributed by atoms with Gasteiger partial charge in [0.1, 0.15) is 0 Å². The van der Waals surface area contributed by atoms with Gasteiger partial charge >= 0.3 is 0 Å². The molecule has 0 atom stereocenters. The quantitative estimate of drug-likeness (QED) is 0.701. The first kappa shape index (κ1) is 15.9. The fourth-order valence-electron chi connectivity index (χ4n) is 2.20. The van der Waals surface area contributed by atoms with Gasteiger partial charge in [-0.2, -0.15) is 0 Å². The van der Waals surface area contributed by atoms with Gasteiger partial charge in [0.05, 0.1) is 0 Å². The Morgan fingerprint density at radius 2 is 1.72 bits per heavy atom. The van der Waals surface area contributed by atoms with Crippen LogP contribution in [0.4, 0.5) is 0 Å². The molecule has 0 aromatic carbocycles. The average molecular weight is 298 g/mol. The second-order valence-corrected chi connectivity index (χ2v) is 9.40. The number of rotatable bonds is 6. The molecule has 0 aromatic rings. The molecule has 0 radical (unpaired) electrons. The van der Waals surface area contributed by atoms with Gasteiger partial charge in [0.2, 0.25) is 10.0 Å². The van der Waals surface area contributed by atoms with E-state index in [2.05, 4.69) is 10.0 Å². The van der Waals surface area contributed by atoms with Gasteiger partial charge in [-0.15, -0.1) is 0 Å². The molecule has 1 aliphatic heterocycles. The first-order valence-electron chi connectivity index (χ1n) is 6.04. The fourth-order valence-corrected chi connectivity index (χ4v) is 5.31. The lowest BCUT2D eigenvalue weighted by Crippen LogP contribution is -2.45. The summed E-state index contributed by atoms with van der Waals surface area (Å²) in [5.74, 6) is 0. The summed E-state index contributed by atoms with van der Waals surface area (Å²) < 4.78 is 47.8. The summed E-state index contributed by atoms with van der Waals surface area (Å²) in [6, 6.07) is 0. The van der Waals surface area contributed by atoms with E-state index in [9.17, 15) is 16.8 Å². The lowest BCUT2D eigenvalue weighted by Gasteiger charge is -2.36. The topological polar surface area (TPSA) is 92.3 Å². The van der Waals surface area contributed by atoms with Gasteiger partial charge in [0.15, 0.2) is 14.9 Å². The van der Waals surface area contributed by atoms with Gasteiger partial charge < -0.3 is 5.32 Å². The molecule has 6 nitrogen and oxygen atoms in total. The Bertz CT molecular complexity index is 464. The zero-order valence-electron chi connectivity index (χ0n) is 10.9. The Balaban J connectivity index is 2.62. The van der Waals surface area contributed by atoms with Crippen molar-refractivity contribution in [3.05, 3.63) is 0 Å². The van der Waals surface area contributed by atoms with Crippen molar-refractivity contribution in [2.45, 2.75) is 26.2 Å². The van der Waals surface area contributed by atoms with Gasteiger partial charge in [-0.25, -0.2) is 21.6 Å². The van der Waals surface area contributed by atoms with E-state index >= 15 is 0 Å². The van der Waals surface area contributed by atoms with E-state index in [1.807, 2.05) is 6.92 Å². The molecule has 1 rings (SSSR count). The van der Waals surface area contributed by atoms with Gasteiger partial charge in [0, 0.05) is 12.8 Å². The predicted octanol–water partition coefficient (Wildman–Crippen LogP) is -0.312. The highest BCUT2D eigenvalue weighted by molar-refractivity contribution is 8.06. The highest BCUT2D eigenvalue weighted by Gasteiger charge is 2.32. The first-order chi connectivity index (χ1) is 8.18. The van der Waals surface area contributed by atoms with Crippen molar-refractivity contribution in [1.29, 1.82) is 0 Å². The molecule has 8 heteroatoms. The zero-order chi connectivity index (χ0) is 13.9. The van der Waals surface area contributed by atoms with Crippen molar-refractivity contribution in [1.82, 2.24) is 10.0 Å². The molecule has 18 heavy (non-hydrogen) atoms. The summed E-state index contributed by atoms with van der Waals surface area (Å²) in [5, 5.41) is 2.40. The van der Waals surface area contributed by atoms with Crippen LogP contribution < -0.4 is 10.0 Å². The van der Waals surface area contributed by atoms with Crippen LogP contribution in [-0.2, 0) is 19.9 Å². The maximum atomic E-state index is 11.6. The molecular weight excluding hydrogens is 276 g/mol. The fraction of sp³-hybridized carbons (Fsp3) is 1.00. The maximum Gasteiger partial charge on any atom is 0.226 e. The molecule has 0 bridgehead atoms. The van der Waals surface area contributed by atoms with E-state index in [0.29, 0.717) is 6.54 Å². The van der Waals surface area contributed by atoms with Crippen LogP contribution in [0.15, 0.2) is 0 Å². The van der Waals surface area contributed by atoms with Crippen LogP contribution in [0.3, 0.4) is 0 Å². The van der Waals surface area contributed by atoms with Crippen LogP contribution in [0, 0.1) is 5.41 Å². The molecule has 1 aliphatic rings. The first-order valence-corrected chi connectivity index (χ1v) is 9.75. The van der Waals surface area contributed by atoms with E-state index in [1.165, 1.54) is 0 Å². The highest BCUT2D eigenvalue weighted by Crippen LogP contribution is 2.31. The average Bonchev–Trinajstić information content (AvgIpc) is 2.25. The molecule has 108 valence electrons. The third-order valence-electron chi connectivity index (χ3n) is 3.45. The molecule has 1 heterocycles. The van der Waals surface area contributed by atoms with Crippen LogP contribution in [0.2, 0.25) is 0 Å². The number of piperidine rings is 1. The monoisotopic (exact) mass is 298 g/mol. The van der Waals surface area contributed by atoms with Crippen LogP contribution in [0.5, 0.6) is 0 Å². The largest absolute Gasteiger partial charge is 0.317 e. The number of hydrogen-bond donors (Lipinski definition) is 2. The van der Waals surface area contributed by atoms with Gasteiger partial charge in [-0.3, -0.25) is 0 Å². The van der Waals surface area contributed by atoms with Crippen molar-refractivity contribution in [3.63, 3.8) is 0 Å². The van der Waals surface area contributed by atoms with Gasteiger partial charge in [-0.1, -0.05) is 6.92 Å². The smallest absolute Gasteiger partial charge is 0.226 e. The molecule has 1 fully saturated rings. The predicted molar refractivity (Wildman–Crippen MR) is 71.5 cm³/mol. The van der Waals surface area contributed by atoms with E-state index in [0.717, 1.165) is 38.6 Å². The Morgan fingerprint density at radius 1 is 1.17 bits per heavy atom. The second-order valence-electron chi connectivity index (χ2n) is 5.08. The Morgan fingerprint density at radius 3 is 2.17 bits per heavy atom. The highest BCUT2D eigenvalue weighted by atomic mass is 32.3. The summed E-state index contributed by atoms with van der Waals surface area (Å²) in [7, 11) is -7.27. The lowest BCUT2D eigenvalue weighted by atomic mass is 9.77. The van der Waals surface area contributed by atoms with Crippen molar-refractivity contribution >= 4 is 19.9 Å². The molecular formula is C10H22N2O4S2. The van der Waals surface area contributed by atoms with Crippen LogP contribution in [0.1, 0.15) is 26.2 Å². The van der Waals surface area contributed by atoms with Gasteiger partial charge in [0.25, 0.3) is 0 Å². The molecule has 0 saturated carbocycles. The minimum absolute atomic E-state index is 0.0458. The summed E-state index contributed by atoms with van der Waals surface area (Å²) in [5.41, 5.74) is -0.0458. The summed E-state index contributed by atoms with van der Waals surface area (Å²) in [6.07, 6.45) is 3.62. The minimum atomic E-state index is -3.75. The van der Waals surface area contributed by atoms with Crippen molar-refractivity contribution in [2.75, 3.05) is 31.0 Å². The number of sulfone groups is 1. The van der Waals surface area contributed by atoms with E-state index in [-0.39, 0.29) is 5.41 Å². The third-order valence-corrected chi connectivity index (χ3v) is 6.99. The Kier molecular flexibility index (Phi) is 5.16. The molecule has 0 amide bonds. The summed E-state index contributed by atoms with van der Waals surface area (Å²) in [4.78, 5) is 0. The standard InChI is InChI=1S/C10H22N2O4S2/c1-3-10(4-6-11-7-5-10)8-12-18(15,16)9-17(2,13)14/h11-12H,3-9H2,1-2H3. The Labute approximate surface area is 110 Å². The lowest BCUT2D eigenvalue weighted by molar-refractivity contribution is 0.196. The van der Waals surface area contributed by atoms with Crippen molar-refractivity contribution < 1.29 is 16.8 Å². The van der Waals surface area contributed by atoms with E-state index in [1.54, 1.807) is 0 Å². The van der Waals surface area contributed by atoms with Crippen LogP contribution >= 0.6 is 0 Å². The molecule has 0 aliphatic carbocycles. The molecule has 2 N–H and O–H groups in total. The number of sulfonamides is 1.